The maximum absolute atomic E-state index is 11.9. The van der Waals surface area contributed by atoms with E-state index in [4.69, 9.17) is 14.6 Å². The third-order valence-electron chi connectivity index (χ3n) is 4.60. The lowest BCUT2D eigenvalue weighted by atomic mass is 9.68. The molecule has 21 heavy (non-hydrogen) atoms. The molecule has 0 unspecified atom stereocenters. The average Bonchev–Trinajstić information content (AvgIpc) is 2.43. The van der Waals surface area contributed by atoms with E-state index in [1.165, 1.54) is 19.3 Å². The van der Waals surface area contributed by atoms with Crippen molar-refractivity contribution in [2.75, 3.05) is 20.3 Å². The zero-order chi connectivity index (χ0) is 15.2. The molecule has 0 radical (unpaired) electrons. The minimum atomic E-state index is -0.385. The Morgan fingerprint density at radius 1 is 1.52 bits per heavy atom. The van der Waals surface area contributed by atoms with Gasteiger partial charge in [0.1, 0.15) is 0 Å². The van der Waals surface area contributed by atoms with Gasteiger partial charge in [0.15, 0.2) is 5.76 Å². The van der Waals surface area contributed by atoms with Crippen molar-refractivity contribution < 1.29 is 19.4 Å². The van der Waals surface area contributed by atoms with Crippen LogP contribution in [0.3, 0.4) is 0 Å². The summed E-state index contributed by atoms with van der Waals surface area (Å²) in [7, 11) is 1.61. The first-order valence-electron chi connectivity index (χ1n) is 8.04. The highest BCUT2D eigenvalue weighted by Crippen LogP contribution is 2.44. The fraction of sp³-hybridized carbons (Fsp3) is 0.812. The summed E-state index contributed by atoms with van der Waals surface area (Å²) in [5, 5.41) is 11.7. The molecule has 0 bridgehead atoms. The summed E-state index contributed by atoms with van der Waals surface area (Å²) in [5.74, 6) is 1.33. The van der Waals surface area contributed by atoms with Crippen LogP contribution in [0.1, 0.15) is 39.0 Å². The van der Waals surface area contributed by atoms with Crippen molar-refractivity contribution >= 4 is 5.91 Å². The molecule has 2 rings (SSSR count). The zero-order valence-corrected chi connectivity index (χ0v) is 13.0. The molecule has 1 aliphatic heterocycles. The Bertz CT molecular complexity index is 378. The lowest BCUT2D eigenvalue weighted by Gasteiger charge is -2.43. The van der Waals surface area contributed by atoms with Gasteiger partial charge in [0.2, 0.25) is 6.29 Å². The SMILES string of the molecule is CCO[C@H]1OC(C(=O)NC)=C[C@@H](C2CCC2)[C@@H]1CCCO. The van der Waals surface area contributed by atoms with E-state index in [9.17, 15) is 4.79 Å². The number of nitrogens with one attached hydrogen (secondary N) is 1. The van der Waals surface area contributed by atoms with Crippen molar-refractivity contribution in [2.45, 2.75) is 45.3 Å². The summed E-state index contributed by atoms with van der Waals surface area (Å²) >= 11 is 0. The molecule has 0 aromatic carbocycles. The Morgan fingerprint density at radius 3 is 2.81 bits per heavy atom. The van der Waals surface area contributed by atoms with Gasteiger partial charge >= 0.3 is 0 Å². The van der Waals surface area contributed by atoms with Crippen LogP contribution in [-0.4, -0.2) is 37.6 Å². The highest BCUT2D eigenvalue weighted by Gasteiger charge is 2.41. The molecule has 0 saturated heterocycles. The van der Waals surface area contributed by atoms with Crippen LogP contribution in [0.5, 0.6) is 0 Å². The van der Waals surface area contributed by atoms with Crippen molar-refractivity contribution in [1.29, 1.82) is 0 Å². The first-order valence-corrected chi connectivity index (χ1v) is 8.04. The van der Waals surface area contributed by atoms with Crippen LogP contribution in [0.2, 0.25) is 0 Å². The van der Waals surface area contributed by atoms with Gasteiger partial charge in [-0.1, -0.05) is 6.42 Å². The van der Waals surface area contributed by atoms with Crippen LogP contribution < -0.4 is 5.32 Å². The minimum absolute atomic E-state index is 0.179. The molecule has 120 valence electrons. The molecule has 1 aliphatic carbocycles. The van der Waals surface area contributed by atoms with Gasteiger partial charge in [-0.25, -0.2) is 0 Å². The molecule has 1 amide bonds. The van der Waals surface area contributed by atoms with Crippen molar-refractivity contribution in [1.82, 2.24) is 5.32 Å². The normalized spacial score (nSPS) is 29.3. The molecule has 5 nitrogen and oxygen atoms in total. The van der Waals surface area contributed by atoms with Gasteiger partial charge in [-0.05, 0) is 50.5 Å². The van der Waals surface area contributed by atoms with Crippen LogP contribution in [-0.2, 0) is 14.3 Å². The van der Waals surface area contributed by atoms with E-state index >= 15 is 0 Å². The van der Waals surface area contributed by atoms with E-state index < -0.39 is 0 Å². The Labute approximate surface area is 126 Å². The molecule has 0 aromatic rings. The van der Waals surface area contributed by atoms with Gasteiger partial charge in [0, 0.05) is 26.2 Å². The maximum atomic E-state index is 11.9. The fourth-order valence-corrected chi connectivity index (χ4v) is 3.27. The molecule has 0 aromatic heterocycles. The number of ether oxygens (including phenoxy) is 2. The predicted octanol–water partition coefficient (Wildman–Crippen LogP) is 1.81. The molecule has 1 heterocycles. The van der Waals surface area contributed by atoms with E-state index in [-0.39, 0.29) is 24.7 Å². The minimum Gasteiger partial charge on any atom is -0.459 e. The highest BCUT2D eigenvalue weighted by atomic mass is 16.7. The average molecular weight is 297 g/mol. The van der Waals surface area contributed by atoms with E-state index in [0.717, 1.165) is 12.8 Å². The van der Waals surface area contributed by atoms with Crippen molar-refractivity contribution in [3.8, 4) is 0 Å². The fourth-order valence-electron chi connectivity index (χ4n) is 3.27. The van der Waals surface area contributed by atoms with E-state index in [0.29, 0.717) is 24.2 Å². The van der Waals surface area contributed by atoms with Crippen LogP contribution >= 0.6 is 0 Å². The van der Waals surface area contributed by atoms with Crippen LogP contribution in [0, 0.1) is 17.8 Å². The van der Waals surface area contributed by atoms with Gasteiger partial charge in [-0.3, -0.25) is 4.79 Å². The number of rotatable bonds is 7. The second-order valence-corrected chi connectivity index (χ2v) is 5.85. The monoisotopic (exact) mass is 297 g/mol. The van der Waals surface area contributed by atoms with Gasteiger partial charge in [0.25, 0.3) is 5.91 Å². The highest BCUT2D eigenvalue weighted by molar-refractivity contribution is 5.91. The number of aliphatic hydroxyl groups is 1. The summed E-state index contributed by atoms with van der Waals surface area (Å²) in [4.78, 5) is 11.9. The predicted molar refractivity (Wildman–Crippen MR) is 79.3 cm³/mol. The van der Waals surface area contributed by atoms with Crippen molar-refractivity contribution in [3.05, 3.63) is 11.8 Å². The summed E-state index contributed by atoms with van der Waals surface area (Å²) in [6.45, 7) is 2.67. The Balaban J connectivity index is 2.20. The molecule has 5 heteroatoms. The van der Waals surface area contributed by atoms with Gasteiger partial charge in [0.05, 0.1) is 0 Å². The second kappa shape index (κ2) is 7.80. The smallest absolute Gasteiger partial charge is 0.285 e. The second-order valence-electron chi connectivity index (χ2n) is 5.85. The van der Waals surface area contributed by atoms with Gasteiger partial charge in [-0.2, -0.15) is 0 Å². The molecule has 1 saturated carbocycles. The third kappa shape index (κ3) is 3.77. The van der Waals surface area contributed by atoms with E-state index in [1.807, 2.05) is 13.0 Å². The molecule has 3 atom stereocenters. The van der Waals surface area contributed by atoms with Gasteiger partial charge in [-0.15, -0.1) is 0 Å². The quantitative estimate of drug-likeness (QED) is 0.752. The largest absolute Gasteiger partial charge is 0.459 e. The van der Waals surface area contributed by atoms with Crippen LogP contribution in [0.4, 0.5) is 0 Å². The van der Waals surface area contributed by atoms with E-state index in [2.05, 4.69) is 5.32 Å². The summed E-state index contributed by atoms with van der Waals surface area (Å²) in [6.07, 6.45) is 6.87. The first kappa shape index (κ1) is 16.3. The number of aliphatic hydroxyl groups excluding tert-OH is 1. The number of carbonyl (C=O) groups excluding carboxylic acids is 1. The summed E-state index contributed by atoms with van der Waals surface area (Å²) < 4.78 is 11.5. The number of carbonyl (C=O) groups is 1. The Kier molecular flexibility index (Phi) is 6.06. The number of allylic oxidation sites excluding steroid dienone is 1. The number of amides is 1. The first-order chi connectivity index (χ1) is 10.2. The number of likely N-dealkylation sites (N-methyl/N-ethyl adjacent to an activating group) is 1. The zero-order valence-electron chi connectivity index (χ0n) is 13.0. The Morgan fingerprint density at radius 2 is 2.29 bits per heavy atom. The lowest BCUT2D eigenvalue weighted by molar-refractivity contribution is -0.178. The molecule has 2 N–H and O–H groups in total. The molecular formula is C16H27NO4. The lowest BCUT2D eigenvalue weighted by Crippen LogP contribution is -2.42. The summed E-state index contributed by atoms with van der Waals surface area (Å²) in [6, 6.07) is 0. The van der Waals surface area contributed by atoms with Gasteiger partial charge < -0.3 is 19.9 Å². The molecule has 0 spiro atoms. The molecule has 1 fully saturated rings. The molecular weight excluding hydrogens is 270 g/mol. The van der Waals surface area contributed by atoms with Crippen LogP contribution in [0.25, 0.3) is 0 Å². The topological polar surface area (TPSA) is 67.8 Å². The van der Waals surface area contributed by atoms with Crippen LogP contribution in [0.15, 0.2) is 11.8 Å². The number of hydrogen-bond acceptors (Lipinski definition) is 4. The molecule has 2 aliphatic rings. The standard InChI is InChI=1S/C16H27NO4/c1-3-20-16-12(8-5-9-18)13(11-6-4-7-11)10-14(21-16)15(19)17-2/h10-13,16,18H,3-9H2,1-2H3,(H,17,19)/t12-,13-,16-/m0/s1. The third-order valence-corrected chi connectivity index (χ3v) is 4.60. The maximum Gasteiger partial charge on any atom is 0.285 e. The van der Waals surface area contributed by atoms with E-state index in [1.54, 1.807) is 7.05 Å². The van der Waals surface area contributed by atoms with Crippen molar-refractivity contribution in [3.63, 3.8) is 0 Å². The van der Waals surface area contributed by atoms with Crippen molar-refractivity contribution in [2.24, 2.45) is 17.8 Å². The Hall–Kier alpha value is -1.07. The number of hydrogen-bond donors (Lipinski definition) is 2. The summed E-state index contributed by atoms with van der Waals surface area (Å²) in [5.41, 5.74) is 0.